The van der Waals surface area contributed by atoms with E-state index in [1.807, 2.05) is 45.0 Å². The SMILES string of the molecule is Cc1cccc(CNC(=O)c2sc3nnc(C)c(C)c3c2N)c1. The first-order chi connectivity index (χ1) is 11.0. The number of nitrogens with one attached hydrogen (secondary N) is 1. The Morgan fingerprint density at radius 3 is 2.78 bits per heavy atom. The summed E-state index contributed by atoms with van der Waals surface area (Å²) < 4.78 is 0. The first kappa shape index (κ1) is 15.4. The number of rotatable bonds is 3. The molecule has 0 aliphatic carbocycles. The second kappa shape index (κ2) is 5.96. The van der Waals surface area contributed by atoms with Crippen molar-refractivity contribution in [3.05, 3.63) is 51.5 Å². The minimum atomic E-state index is -0.177. The lowest BCUT2D eigenvalue weighted by molar-refractivity contribution is 0.0956. The Morgan fingerprint density at radius 2 is 2.04 bits per heavy atom. The maximum atomic E-state index is 12.5. The third-order valence-corrected chi connectivity index (χ3v) is 4.97. The van der Waals surface area contributed by atoms with Gasteiger partial charge in [0.2, 0.25) is 0 Å². The number of carbonyl (C=O) groups is 1. The molecule has 2 aromatic heterocycles. The predicted molar refractivity (Wildman–Crippen MR) is 93.7 cm³/mol. The van der Waals surface area contributed by atoms with Crippen LogP contribution in [0.2, 0.25) is 0 Å². The van der Waals surface area contributed by atoms with Crippen molar-refractivity contribution < 1.29 is 4.79 Å². The fourth-order valence-electron chi connectivity index (χ4n) is 2.49. The molecule has 3 rings (SSSR count). The summed E-state index contributed by atoms with van der Waals surface area (Å²) in [4.78, 5) is 13.7. The van der Waals surface area contributed by atoms with Gasteiger partial charge in [-0.1, -0.05) is 29.8 Å². The summed E-state index contributed by atoms with van der Waals surface area (Å²) in [6.45, 7) is 6.33. The van der Waals surface area contributed by atoms with E-state index in [4.69, 9.17) is 5.73 Å². The van der Waals surface area contributed by atoms with E-state index in [2.05, 4.69) is 15.5 Å². The summed E-state index contributed by atoms with van der Waals surface area (Å²) in [6.07, 6.45) is 0. The molecular weight excluding hydrogens is 308 g/mol. The van der Waals surface area contributed by atoms with E-state index in [1.54, 1.807) is 0 Å². The number of fused-ring (bicyclic) bond motifs is 1. The molecule has 0 unspecified atom stereocenters. The number of amides is 1. The van der Waals surface area contributed by atoms with Crippen molar-refractivity contribution in [2.75, 3.05) is 5.73 Å². The molecule has 0 aliphatic heterocycles. The fourth-order valence-corrected chi connectivity index (χ4v) is 3.51. The normalized spacial score (nSPS) is 10.9. The van der Waals surface area contributed by atoms with Crippen LogP contribution < -0.4 is 11.1 Å². The van der Waals surface area contributed by atoms with Gasteiger partial charge in [0.05, 0.1) is 11.4 Å². The predicted octanol–water partition coefficient (Wildman–Crippen LogP) is 3.13. The van der Waals surface area contributed by atoms with Gasteiger partial charge in [0.15, 0.2) is 0 Å². The van der Waals surface area contributed by atoms with Crippen LogP contribution in [0.3, 0.4) is 0 Å². The van der Waals surface area contributed by atoms with Crippen molar-refractivity contribution in [1.82, 2.24) is 15.5 Å². The van der Waals surface area contributed by atoms with Crippen molar-refractivity contribution in [3.63, 3.8) is 0 Å². The molecule has 5 nitrogen and oxygen atoms in total. The Labute approximate surface area is 138 Å². The van der Waals surface area contributed by atoms with E-state index >= 15 is 0 Å². The zero-order chi connectivity index (χ0) is 16.6. The van der Waals surface area contributed by atoms with Crippen molar-refractivity contribution in [2.45, 2.75) is 27.3 Å². The maximum absolute atomic E-state index is 12.5. The highest BCUT2D eigenvalue weighted by molar-refractivity contribution is 7.21. The second-order valence-corrected chi connectivity index (χ2v) is 6.61. The highest BCUT2D eigenvalue weighted by Gasteiger charge is 2.19. The zero-order valence-corrected chi connectivity index (χ0v) is 14.1. The van der Waals surface area contributed by atoms with Crippen molar-refractivity contribution >= 4 is 33.1 Å². The fraction of sp³-hybridized carbons (Fsp3) is 0.235. The van der Waals surface area contributed by atoms with Crippen LogP contribution in [-0.2, 0) is 6.54 Å². The first-order valence-electron chi connectivity index (χ1n) is 7.33. The molecule has 0 radical (unpaired) electrons. The number of carbonyl (C=O) groups excluding carboxylic acids is 1. The van der Waals surface area contributed by atoms with Gasteiger partial charge in [-0.05, 0) is 31.9 Å². The first-order valence-corrected chi connectivity index (χ1v) is 8.14. The molecule has 3 aromatic rings. The molecule has 0 saturated heterocycles. The summed E-state index contributed by atoms with van der Waals surface area (Å²) in [5.41, 5.74) is 10.7. The molecule has 6 heteroatoms. The molecule has 118 valence electrons. The molecular formula is C17H18N4OS. The molecule has 0 atom stereocenters. The van der Waals surface area contributed by atoms with Crippen LogP contribution in [-0.4, -0.2) is 16.1 Å². The van der Waals surface area contributed by atoms with Crippen molar-refractivity contribution in [3.8, 4) is 0 Å². The molecule has 0 bridgehead atoms. The summed E-state index contributed by atoms with van der Waals surface area (Å²) in [5.74, 6) is -0.177. The number of nitrogens with zero attached hydrogens (tertiary/aromatic N) is 2. The van der Waals surface area contributed by atoms with Crippen LogP contribution in [0.15, 0.2) is 24.3 Å². The Morgan fingerprint density at radius 1 is 1.26 bits per heavy atom. The molecule has 1 amide bonds. The van der Waals surface area contributed by atoms with Crippen LogP contribution in [0.4, 0.5) is 5.69 Å². The molecule has 3 N–H and O–H groups in total. The lowest BCUT2D eigenvalue weighted by Gasteiger charge is -2.05. The van der Waals surface area contributed by atoms with Crippen molar-refractivity contribution in [1.29, 1.82) is 0 Å². The van der Waals surface area contributed by atoms with E-state index in [9.17, 15) is 4.79 Å². The quantitative estimate of drug-likeness (QED) is 0.775. The average Bonchev–Trinajstić information content (AvgIpc) is 2.86. The molecule has 0 fully saturated rings. The highest BCUT2D eigenvalue weighted by atomic mass is 32.1. The molecule has 23 heavy (non-hydrogen) atoms. The standard InChI is InChI=1S/C17H18N4OS/c1-9-5-4-6-12(7-9)8-19-16(22)15-14(18)13-10(2)11(3)20-21-17(13)23-15/h4-7H,8,18H2,1-3H3,(H,19,22). The van der Waals surface area contributed by atoms with Gasteiger partial charge in [0.1, 0.15) is 9.71 Å². The van der Waals surface area contributed by atoms with Gasteiger partial charge >= 0.3 is 0 Å². The summed E-state index contributed by atoms with van der Waals surface area (Å²) in [7, 11) is 0. The third kappa shape index (κ3) is 2.90. The van der Waals surface area contributed by atoms with Gasteiger partial charge in [-0.3, -0.25) is 4.79 Å². The summed E-state index contributed by atoms with van der Waals surface area (Å²) in [6, 6.07) is 8.04. The molecule has 0 aliphatic rings. The summed E-state index contributed by atoms with van der Waals surface area (Å²) >= 11 is 1.28. The number of thiophene rings is 1. The molecule has 0 saturated carbocycles. The van der Waals surface area contributed by atoms with E-state index < -0.39 is 0 Å². The number of hydrogen-bond acceptors (Lipinski definition) is 5. The van der Waals surface area contributed by atoms with Crippen molar-refractivity contribution in [2.24, 2.45) is 0 Å². The number of nitrogen functional groups attached to an aromatic ring is 1. The smallest absolute Gasteiger partial charge is 0.263 e. The van der Waals surface area contributed by atoms with E-state index in [1.165, 1.54) is 16.9 Å². The number of nitrogens with two attached hydrogens (primary N) is 1. The topological polar surface area (TPSA) is 80.9 Å². The van der Waals surface area contributed by atoms with Crippen LogP contribution >= 0.6 is 11.3 Å². The van der Waals surface area contributed by atoms with Crippen LogP contribution in [0, 0.1) is 20.8 Å². The minimum absolute atomic E-state index is 0.177. The van der Waals surface area contributed by atoms with Crippen LogP contribution in [0.1, 0.15) is 32.1 Å². The largest absolute Gasteiger partial charge is 0.397 e. The molecule has 1 aromatic carbocycles. The number of benzene rings is 1. The van der Waals surface area contributed by atoms with Gasteiger partial charge in [-0.15, -0.1) is 16.4 Å². The average molecular weight is 326 g/mol. The van der Waals surface area contributed by atoms with Gasteiger partial charge < -0.3 is 11.1 Å². The van der Waals surface area contributed by atoms with E-state index in [-0.39, 0.29) is 5.91 Å². The number of aryl methyl sites for hydroxylation is 3. The lowest BCUT2D eigenvalue weighted by Crippen LogP contribution is -2.22. The van der Waals surface area contributed by atoms with Gasteiger partial charge in [0, 0.05) is 11.9 Å². The summed E-state index contributed by atoms with van der Waals surface area (Å²) in [5, 5.41) is 12.0. The Kier molecular flexibility index (Phi) is 4.00. The number of aromatic nitrogens is 2. The molecule has 2 heterocycles. The number of anilines is 1. The Hall–Kier alpha value is -2.47. The van der Waals surface area contributed by atoms with E-state index in [0.717, 1.165) is 22.2 Å². The highest BCUT2D eigenvalue weighted by Crippen LogP contribution is 2.34. The van der Waals surface area contributed by atoms with E-state index in [0.29, 0.717) is 21.9 Å². The van der Waals surface area contributed by atoms with Crippen LogP contribution in [0.25, 0.3) is 10.2 Å². The monoisotopic (exact) mass is 326 g/mol. The lowest BCUT2D eigenvalue weighted by atomic mass is 10.1. The third-order valence-electron chi connectivity index (χ3n) is 3.88. The van der Waals surface area contributed by atoms with Gasteiger partial charge in [-0.2, -0.15) is 5.10 Å². The van der Waals surface area contributed by atoms with Crippen LogP contribution in [0.5, 0.6) is 0 Å². The Balaban J connectivity index is 1.87. The second-order valence-electron chi connectivity index (χ2n) is 5.61. The molecule has 0 spiro atoms. The maximum Gasteiger partial charge on any atom is 0.263 e. The number of hydrogen-bond donors (Lipinski definition) is 2. The van der Waals surface area contributed by atoms with Gasteiger partial charge in [0.25, 0.3) is 5.91 Å². The Bertz CT molecular complexity index is 901. The van der Waals surface area contributed by atoms with Gasteiger partial charge in [-0.25, -0.2) is 0 Å². The zero-order valence-electron chi connectivity index (χ0n) is 13.3. The minimum Gasteiger partial charge on any atom is -0.397 e.